The molecule has 0 bridgehead atoms. The van der Waals surface area contributed by atoms with E-state index in [0.717, 1.165) is 34.3 Å². The molecule has 0 radical (unpaired) electrons. The van der Waals surface area contributed by atoms with Gasteiger partial charge in [0, 0.05) is 0 Å². The number of halogens is 3. The van der Waals surface area contributed by atoms with Crippen molar-refractivity contribution in [2.24, 2.45) is 0 Å². The Balaban J connectivity index is 2.00. The molecule has 1 aromatic heterocycles. The minimum absolute atomic E-state index is 0.256. The summed E-state index contributed by atoms with van der Waals surface area (Å²) in [5.74, 6) is 0.391. The number of nitrogens with one attached hydrogen (secondary N) is 1. The van der Waals surface area contributed by atoms with E-state index in [0.29, 0.717) is 11.4 Å². The van der Waals surface area contributed by atoms with Gasteiger partial charge in [-0.3, -0.25) is 0 Å². The van der Waals surface area contributed by atoms with Crippen molar-refractivity contribution in [1.82, 2.24) is 9.97 Å². The van der Waals surface area contributed by atoms with Gasteiger partial charge >= 0.3 is 6.18 Å². The number of aryl methyl sites for hydroxylation is 2. The number of benzene rings is 2. The van der Waals surface area contributed by atoms with E-state index in [1.54, 1.807) is 0 Å². The molecular formula is C19H14F3N3. The number of allylic oxidation sites excluding steroid dienone is 1. The van der Waals surface area contributed by atoms with E-state index in [-0.39, 0.29) is 5.57 Å². The van der Waals surface area contributed by atoms with E-state index in [4.69, 9.17) is 0 Å². The smallest absolute Gasteiger partial charge is 0.337 e. The molecule has 0 saturated carbocycles. The molecule has 3 nitrogen and oxygen atoms in total. The van der Waals surface area contributed by atoms with Gasteiger partial charge in [-0.1, -0.05) is 12.1 Å². The van der Waals surface area contributed by atoms with Crippen LogP contribution in [0, 0.1) is 25.2 Å². The van der Waals surface area contributed by atoms with Gasteiger partial charge in [0.25, 0.3) is 0 Å². The highest BCUT2D eigenvalue weighted by Crippen LogP contribution is 2.29. The molecule has 0 aliphatic heterocycles. The SMILES string of the molecule is Cc1cc2nc(/C(C#N)=C\c3ccc(C(F)(F)F)cc3)[nH]c2cc1C. The lowest BCUT2D eigenvalue weighted by Gasteiger charge is -2.06. The fourth-order valence-corrected chi connectivity index (χ4v) is 2.49. The lowest BCUT2D eigenvalue weighted by Crippen LogP contribution is -2.04. The number of nitrogens with zero attached hydrogens (tertiary/aromatic N) is 2. The first-order valence-corrected chi connectivity index (χ1v) is 7.54. The van der Waals surface area contributed by atoms with Gasteiger partial charge in [0.2, 0.25) is 0 Å². The summed E-state index contributed by atoms with van der Waals surface area (Å²) < 4.78 is 37.8. The number of hydrogen-bond donors (Lipinski definition) is 1. The van der Waals surface area contributed by atoms with Gasteiger partial charge in [-0.2, -0.15) is 18.4 Å². The maximum atomic E-state index is 12.6. The second-order valence-corrected chi connectivity index (χ2v) is 5.83. The van der Waals surface area contributed by atoms with Gasteiger partial charge in [-0.05, 0) is 60.9 Å². The summed E-state index contributed by atoms with van der Waals surface area (Å²) in [6.07, 6.45) is -2.87. The number of nitriles is 1. The fraction of sp³-hybridized carbons (Fsp3) is 0.158. The fourth-order valence-electron chi connectivity index (χ4n) is 2.49. The number of rotatable bonds is 2. The van der Waals surface area contributed by atoms with E-state index in [9.17, 15) is 18.4 Å². The number of aromatic nitrogens is 2. The standard InChI is InChI=1S/C19H14F3N3/c1-11-7-16-17(8-12(11)2)25-18(24-16)14(10-23)9-13-3-5-15(6-4-13)19(20,21)22/h3-9H,1-2H3,(H,24,25)/b14-9-. The number of fused-ring (bicyclic) bond motifs is 1. The van der Waals surface area contributed by atoms with Crippen LogP contribution < -0.4 is 0 Å². The highest BCUT2D eigenvalue weighted by atomic mass is 19.4. The monoisotopic (exact) mass is 341 g/mol. The molecule has 2 aromatic carbocycles. The molecule has 0 saturated heterocycles. The minimum atomic E-state index is -4.38. The first kappa shape index (κ1) is 16.8. The maximum absolute atomic E-state index is 12.6. The van der Waals surface area contributed by atoms with Crippen LogP contribution in [0.15, 0.2) is 36.4 Å². The van der Waals surface area contributed by atoms with E-state index in [1.165, 1.54) is 18.2 Å². The third-order valence-electron chi connectivity index (χ3n) is 4.02. The molecule has 0 fully saturated rings. The number of aromatic amines is 1. The molecule has 1 N–H and O–H groups in total. The predicted molar refractivity (Wildman–Crippen MR) is 90.5 cm³/mol. The zero-order valence-corrected chi connectivity index (χ0v) is 13.6. The van der Waals surface area contributed by atoms with Crippen LogP contribution in [0.1, 0.15) is 28.1 Å². The zero-order valence-electron chi connectivity index (χ0n) is 13.6. The molecule has 0 spiro atoms. The average Bonchev–Trinajstić information content (AvgIpc) is 2.95. The normalized spacial score (nSPS) is 12.4. The summed E-state index contributed by atoms with van der Waals surface area (Å²) in [5.41, 5.74) is 3.78. The Morgan fingerprint density at radius 3 is 2.36 bits per heavy atom. The lowest BCUT2D eigenvalue weighted by atomic mass is 10.1. The lowest BCUT2D eigenvalue weighted by molar-refractivity contribution is -0.137. The van der Waals surface area contributed by atoms with Crippen molar-refractivity contribution in [3.63, 3.8) is 0 Å². The first-order chi connectivity index (χ1) is 11.8. The molecule has 0 aliphatic carbocycles. The van der Waals surface area contributed by atoms with Crippen LogP contribution in [0.3, 0.4) is 0 Å². The number of H-pyrrole nitrogens is 1. The average molecular weight is 341 g/mol. The van der Waals surface area contributed by atoms with Gasteiger partial charge in [-0.25, -0.2) is 4.98 Å². The third-order valence-corrected chi connectivity index (χ3v) is 4.02. The Morgan fingerprint density at radius 1 is 1.12 bits per heavy atom. The molecule has 126 valence electrons. The summed E-state index contributed by atoms with van der Waals surface area (Å²) in [5, 5.41) is 9.40. The third kappa shape index (κ3) is 3.41. The summed E-state index contributed by atoms with van der Waals surface area (Å²) >= 11 is 0. The molecule has 25 heavy (non-hydrogen) atoms. The van der Waals surface area contributed by atoms with Crippen molar-refractivity contribution in [3.05, 3.63) is 64.5 Å². The van der Waals surface area contributed by atoms with Gasteiger partial charge in [0.15, 0.2) is 0 Å². The first-order valence-electron chi connectivity index (χ1n) is 7.54. The minimum Gasteiger partial charge on any atom is -0.337 e. The number of alkyl halides is 3. The topological polar surface area (TPSA) is 52.5 Å². The Kier molecular flexibility index (Phi) is 4.09. The molecule has 1 heterocycles. The maximum Gasteiger partial charge on any atom is 0.416 e. The van der Waals surface area contributed by atoms with E-state index in [2.05, 4.69) is 9.97 Å². The van der Waals surface area contributed by atoms with E-state index in [1.807, 2.05) is 32.0 Å². The molecule has 0 unspecified atom stereocenters. The Hall–Kier alpha value is -3.07. The van der Waals surface area contributed by atoms with Crippen LogP contribution in [-0.2, 0) is 6.18 Å². The second kappa shape index (κ2) is 6.10. The van der Waals surface area contributed by atoms with Crippen molar-refractivity contribution in [2.75, 3.05) is 0 Å². The predicted octanol–water partition coefficient (Wildman–Crippen LogP) is 5.26. The zero-order chi connectivity index (χ0) is 18.2. The quantitative estimate of drug-likeness (QED) is 0.646. The number of hydrogen-bond acceptors (Lipinski definition) is 2. The summed E-state index contributed by atoms with van der Waals surface area (Å²) in [6.45, 7) is 3.96. The van der Waals surface area contributed by atoms with Crippen molar-refractivity contribution < 1.29 is 13.2 Å². The summed E-state index contributed by atoms with van der Waals surface area (Å²) in [7, 11) is 0. The molecular weight excluding hydrogens is 327 g/mol. The van der Waals surface area contributed by atoms with Crippen molar-refractivity contribution in [1.29, 1.82) is 5.26 Å². The highest BCUT2D eigenvalue weighted by Gasteiger charge is 2.29. The van der Waals surface area contributed by atoms with Gasteiger partial charge < -0.3 is 4.98 Å². The van der Waals surface area contributed by atoms with Crippen LogP contribution in [-0.4, -0.2) is 9.97 Å². The van der Waals surface area contributed by atoms with Crippen LogP contribution >= 0.6 is 0 Å². The Morgan fingerprint density at radius 2 is 1.76 bits per heavy atom. The summed E-state index contributed by atoms with van der Waals surface area (Å²) in [4.78, 5) is 7.50. The van der Waals surface area contributed by atoms with Crippen LogP contribution in [0.4, 0.5) is 13.2 Å². The molecule has 6 heteroatoms. The van der Waals surface area contributed by atoms with Crippen molar-refractivity contribution >= 4 is 22.7 Å². The molecule has 3 aromatic rings. The summed E-state index contributed by atoms with van der Waals surface area (Å²) in [6, 6.07) is 10.6. The van der Waals surface area contributed by atoms with Crippen LogP contribution in [0.2, 0.25) is 0 Å². The Bertz CT molecular complexity index is 964. The second-order valence-electron chi connectivity index (χ2n) is 5.83. The molecule has 0 atom stereocenters. The number of imidazole rings is 1. The molecule has 0 amide bonds. The van der Waals surface area contributed by atoms with Gasteiger partial charge in [-0.15, -0.1) is 0 Å². The van der Waals surface area contributed by atoms with Crippen molar-refractivity contribution in [2.45, 2.75) is 20.0 Å². The van der Waals surface area contributed by atoms with Gasteiger partial charge in [0.05, 0.1) is 22.2 Å². The van der Waals surface area contributed by atoms with E-state index >= 15 is 0 Å². The highest BCUT2D eigenvalue weighted by molar-refractivity contribution is 5.90. The Labute approximate surface area is 142 Å². The van der Waals surface area contributed by atoms with Crippen LogP contribution in [0.5, 0.6) is 0 Å². The van der Waals surface area contributed by atoms with Crippen LogP contribution in [0.25, 0.3) is 22.7 Å². The largest absolute Gasteiger partial charge is 0.416 e. The van der Waals surface area contributed by atoms with E-state index < -0.39 is 11.7 Å². The van der Waals surface area contributed by atoms with Gasteiger partial charge in [0.1, 0.15) is 11.9 Å². The molecule has 0 aliphatic rings. The molecule has 3 rings (SSSR count). The van der Waals surface area contributed by atoms with Crippen molar-refractivity contribution in [3.8, 4) is 6.07 Å².